The molecule has 3 atom stereocenters. The summed E-state index contributed by atoms with van der Waals surface area (Å²) in [5.74, 6) is -0.166. The number of nitrogens with zero attached hydrogens (tertiary/aromatic N) is 1. The first-order chi connectivity index (χ1) is 18.0. The maximum absolute atomic E-state index is 12.6. The van der Waals surface area contributed by atoms with Crippen molar-refractivity contribution in [3.8, 4) is 0 Å². The first-order valence-corrected chi connectivity index (χ1v) is 16.5. The summed E-state index contributed by atoms with van der Waals surface area (Å²) >= 11 is 0. The normalized spacial score (nSPS) is 15.4. The first kappa shape index (κ1) is 37.2. The van der Waals surface area contributed by atoms with E-state index >= 15 is 0 Å². The summed E-state index contributed by atoms with van der Waals surface area (Å²) in [6, 6.07) is -0.754. The predicted molar refractivity (Wildman–Crippen MR) is 157 cm³/mol. The number of hydrogen-bond acceptors (Lipinski definition) is 5. The van der Waals surface area contributed by atoms with E-state index in [9.17, 15) is 19.4 Å². The van der Waals surface area contributed by atoms with Gasteiger partial charge < -0.3 is 19.8 Å². The Morgan fingerprint density at radius 1 is 0.868 bits per heavy atom. The molecule has 0 spiro atoms. The number of phosphoric ester groups is 1. The summed E-state index contributed by atoms with van der Waals surface area (Å²) in [5.41, 5.74) is 0. The van der Waals surface area contributed by atoms with Crippen LogP contribution in [0, 0.1) is 0 Å². The molecular formula is C29H60N2O6P+. The standard InChI is InChI=1S/C29H59N2O6P/c1-6-8-10-12-13-14-15-16-17-19-21-23-29(33)30-27(28(32)22-20-18-11-9-7-2)26-37-38(34,35)36-25-24-31(3,4)5/h12-13,27-28,32H,6-11,14-26H2,1-5H3,(H-,30,33,34,35)/p+1/b13-12-. The number of aliphatic hydroxyl groups excluding tert-OH is 1. The second kappa shape index (κ2) is 23.0. The molecule has 9 heteroatoms. The van der Waals surface area contributed by atoms with Gasteiger partial charge in [0.05, 0.1) is 39.9 Å². The average Bonchev–Trinajstić information content (AvgIpc) is 2.83. The van der Waals surface area contributed by atoms with Crippen LogP contribution in [0.4, 0.5) is 0 Å². The van der Waals surface area contributed by atoms with E-state index in [1.807, 2.05) is 21.1 Å². The number of unbranched alkanes of at least 4 members (excludes halogenated alkanes) is 11. The summed E-state index contributed by atoms with van der Waals surface area (Å²) in [5, 5.41) is 13.6. The van der Waals surface area contributed by atoms with Crippen LogP contribution in [-0.2, 0) is 18.4 Å². The van der Waals surface area contributed by atoms with Crippen molar-refractivity contribution in [2.24, 2.45) is 0 Å². The third-order valence-corrected chi connectivity index (χ3v) is 7.50. The lowest BCUT2D eigenvalue weighted by molar-refractivity contribution is -0.870. The zero-order valence-electron chi connectivity index (χ0n) is 25.2. The minimum Gasteiger partial charge on any atom is -0.391 e. The van der Waals surface area contributed by atoms with Gasteiger partial charge in [-0.1, -0.05) is 90.2 Å². The van der Waals surface area contributed by atoms with Crippen molar-refractivity contribution >= 4 is 13.7 Å². The Kier molecular flexibility index (Phi) is 22.5. The molecule has 0 saturated carbocycles. The van der Waals surface area contributed by atoms with E-state index in [0.717, 1.165) is 64.2 Å². The molecule has 0 saturated heterocycles. The molecule has 1 amide bonds. The highest BCUT2D eigenvalue weighted by atomic mass is 31.2. The van der Waals surface area contributed by atoms with Crippen molar-refractivity contribution in [3.05, 3.63) is 12.2 Å². The van der Waals surface area contributed by atoms with Crippen LogP contribution in [0.5, 0.6) is 0 Å². The van der Waals surface area contributed by atoms with Crippen molar-refractivity contribution < 1.29 is 32.9 Å². The third-order valence-electron chi connectivity index (χ3n) is 6.51. The maximum Gasteiger partial charge on any atom is 0.472 e. The lowest BCUT2D eigenvalue weighted by atomic mass is 10.0. The molecule has 3 unspecified atom stereocenters. The summed E-state index contributed by atoms with van der Waals surface area (Å²) < 4.78 is 23.2. The van der Waals surface area contributed by atoms with Crippen LogP contribution in [0.3, 0.4) is 0 Å². The highest BCUT2D eigenvalue weighted by Crippen LogP contribution is 2.43. The van der Waals surface area contributed by atoms with Gasteiger partial charge in [-0.25, -0.2) is 4.57 Å². The van der Waals surface area contributed by atoms with Crippen LogP contribution < -0.4 is 5.32 Å². The minimum absolute atomic E-state index is 0.0728. The molecule has 0 aromatic carbocycles. The Bertz CT molecular complexity index is 653. The van der Waals surface area contributed by atoms with E-state index in [2.05, 4.69) is 31.3 Å². The Hall–Kier alpha value is -0.760. The van der Waals surface area contributed by atoms with Gasteiger partial charge in [0, 0.05) is 6.42 Å². The Morgan fingerprint density at radius 2 is 1.45 bits per heavy atom. The van der Waals surface area contributed by atoms with Crippen molar-refractivity contribution in [2.45, 2.75) is 129 Å². The van der Waals surface area contributed by atoms with Crippen LogP contribution in [0.1, 0.15) is 117 Å². The largest absolute Gasteiger partial charge is 0.472 e. The van der Waals surface area contributed by atoms with E-state index < -0.39 is 20.0 Å². The van der Waals surface area contributed by atoms with Crippen LogP contribution >= 0.6 is 7.82 Å². The van der Waals surface area contributed by atoms with Gasteiger partial charge in [-0.2, -0.15) is 0 Å². The van der Waals surface area contributed by atoms with Gasteiger partial charge >= 0.3 is 7.82 Å². The van der Waals surface area contributed by atoms with E-state index in [1.54, 1.807) is 0 Å². The second-order valence-corrected chi connectivity index (χ2v) is 12.9. The Labute approximate surface area is 233 Å². The first-order valence-electron chi connectivity index (χ1n) is 15.1. The number of rotatable bonds is 26. The fourth-order valence-electron chi connectivity index (χ4n) is 3.96. The molecule has 226 valence electrons. The molecule has 0 rings (SSSR count). The average molecular weight is 564 g/mol. The molecule has 8 nitrogen and oxygen atoms in total. The lowest BCUT2D eigenvalue weighted by Gasteiger charge is -2.26. The number of carbonyl (C=O) groups excluding carboxylic acids is 1. The van der Waals surface area contributed by atoms with Gasteiger partial charge in [-0.3, -0.25) is 13.8 Å². The van der Waals surface area contributed by atoms with Crippen molar-refractivity contribution in [1.29, 1.82) is 0 Å². The van der Waals surface area contributed by atoms with Gasteiger partial charge in [0.15, 0.2) is 0 Å². The predicted octanol–water partition coefficient (Wildman–Crippen LogP) is 6.51. The van der Waals surface area contributed by atoms with Gasteiger partial charge in [-0.15, -0.1) is 0 Å². The van der Waals surface area contributed by atoms with Crippen LogP contribution in [0.15, 0.2) is 12.2 Å². The molecule has 38 heavy (non-hydrogen) atoms. The fraction of sp³-hybridized carbons (Fsp3) is 0.897. The number of quaternary nitrogens is 1. The van der Waals surface area contributed by atoms with Gasteiger partial charge in [0.1, 0.15) is 13.2 Å². The monoisotopic (exact) mass is 563 g/mol. The lowest BCUT2D eigenvalue weighted by Crippen LogP contribution is -2.46. The van der Waals surface area contributed by atoms with Gasteiger partial charge in [-0.05, 0) is 32.1 Å². The Balaban J connectivity index is 4.51. The van der Waals surface area contributed by atoms with Crippen LogP contribution in [0.25, 0.3) is 0 Å². The molecule has 0 aromatic rings. The molecular weight excluding hydrogens is 503 g/mol. The summed E-state index contributed by atoms with van der Waals surface area (Å²) in [6.07, 6.45) is 19.8. The summed E-state index contributed by atoms with van der Waals surface area (Å²) in [4.78, 5) is 22.7. The quantitative estimate of drug-likeness (QED) is 0.0480. The summed E-state index contributed by atoms with van der Waals surface area (Å²) in [6.45, 7) is 4.71. The molecule has 0 bridgehead atoms. The fourth-order valence-corrected chi connectivity index (χ4v) is 4.70. The molecule has 0 aliphatic carbocycles. The molecule has 0 heterocycles. The summed E-state index contributed by atoms with van der Waals surface area (Å²) in [7, 11) is 1.60. The maximum atomic E-state index is 12.6. The third kappa shape index (κ3) is 24.3. The molecule has 0 aliphatic heterocycles. The molecule has 0 fully saturated rings. The smallest absolute Gasteiger partial charge is 0.391 e. The minimum atomic E-state index is -4.28. The molecule has 0 aromatic heterocycles. The van der Waals surface area contributed by atoms with Gasteiger partial charge in [0.2, 0.25) is 5.91 Å². The van der Waals surface area contributed by atoms with Crippen LogP contribution in [-0.4, -0.2) is 73.4 Å². The number of carbonyl (C=O) groups is 1. The number of nitrogens with one attached hydrogen (secondary N) is 1. The van der Waals surface area contributed by atoms with E-state index in [4.69, 9.17) is 9.05 Å². The highest BCUT2D eigenvalue weighted by Gasteiger charge is 2.28. The van der Waals surface area contributed by atoms with Gasteiger partial charge in [0.25, 0.3) is 0 Å². The van der Waals surface area contributed by atoms with E-state index in [0.29, 0.717) is 23.9 Å². The Morgan fingerprint density at radius 3 is 2.11 bits per heavy atom. The SMILES string of the molecule is CCCC/C=C\CCCCCCCC(=O)NC(COP(=O)(O)OCC[N+](C)(C)C)C(O)CCCCCCC. The number of amides is 1. The number of phosphoric acid groups is 1. The van der Waals surface area contributed by atoms with Crippen molar-refractivity contribution in [3.63, 3.8) is 0 Å². The number of likely N-dealkylation sites (N-methyl/N-ethyl adjacent to an activating group) is 1. The zero-order valence-corrected chi connectivity index (χ0v) is 26.1. The van der Waals surface area contributed by atoms with E-state index in [-0.39, 0.29) is 19.1 Å². The molecule has 0 aliphatic rings. The number of allylic oxidation sites excluding steroid dienone is 2. The second-order valence-electron chi connectivity index (χ2n) is 11.5. The van der Waals surface area contributed by atoms with Crippen molar-refractivity contribution in [1.82, 2.24) is 5.32 Å². The zero-order chi connectivity index (χ0) is 28.7. The van der Waals surface area contributed by atoms with Crippen LogP contribution in [0.2, 0.25) is 0 Å². The highest BCUT2D eigenvalue weighted by molar-refractivity contribution is 7.47. The topological polar surface area (TPSA) is 105 Å². The number of hydrogen-bond donors (Lipinski definition) is 3. The molecule has 0 radical (unpaired) electrons. The molecule has 3 N–H and O–H groups in total. The van der Waals surface area contributed by atoms with E-state index in [1.165, 1.54) is 25.7 Å². The van der Waals surface area contributed by atoms with Crippen molar-refractivity contribution in [2.75, 3.05) is 40.9 Å². The number of aliphatic hydroxyl groups is 1.